The first-order valence-electron chi connectivity index (χ1n) is 12.7. The van der Waals surface area contributed by atoms with E-state index in [0.29, 0.717) is 24.2 Å². The second-order valence-corrected chi connectivity index (χ2v) is 11.2. The number of carbonyl (C=O) groups is 1. The fourth-order valence-electron chi connectivity index (χ4n) is 5.66. The van der Waals surface area contributed by atoms with E-state index in [-0.39, 0.29) is 18.3 Å². The number of likely N-dealkylation sites (tertiary alicyclic amines) is 1. The van der Waals surface area contributed by atoms with Crippen LogP contribution in [0.1, 0.15) is 63.1 Å². The van der Waals surface area contributed by atoms with E-state index < -0.39 is 12.1 Å². The molecule has 1 aliphatic carbocycles. The molecule has 1 saturated heterocycles. The number of benzene rings is 1. The van der Waals surface area contributed by atoms with Crippen LogP contribution < -0.4 is 4.74 Å². The number of nitrogens with zero attached hydrogens (tertiary/aromatic N) is 2. The van der Waals surface area contributed by atoms with Crippen LogP contribution in [0.4, 0.5) is 4.39 Å². The molecule has 3 atom stereocenters. The first-order chi connectivity index (χ1) is 16.5. The molecule has 4 rings (SSSR count). The van der Waals surface area contributed by atoms with Gasteiger partial charge in [0.25, 0.3) is 0 Å². The SMILES string of the molecule is COc1ccc2nccc(C(F)CC[C@@H]3CCN(CCSC4CCCC4)C[C@@H]3CC(=O)O)c2c1. The minimum atomic E-state index is -1.11. The lowest BCUT2D eigenvalue weighted by Crippen LogP contribution is -2.42. The number of piperidine rings is 1. The van der Waals surface area contributed by atoms with Gasteiger partial charge in [0, 0.05) is 42.1 Å². The summed E-state index contributed by atoms with van der Waals surface area (Å²) in [5.74, 6) is 1.40. The minimum absolute atomic E-state index is 0.0872. The molecule has 5 nitrogen and oxygen atoms in total. The van der Waals surface area contributed by atoms with E-state index in [0.717, 1.165) is 48.0 Å². The van der Waals surface area contributed by atoms with Gasteiger partial charge in [-0.3, -0.25) is 9.78 Å². The quantitative estimate of drug-likeness (QED) is 0.411. The summed E-state index contributed by atoms with van der Waals surface area (Å²) in [5.41, 5.74) is 1.40. The summed E-state index contributed by atoms with van der Waals surface area (Å²) < 4.78 is 20.8. The molecule has 1 aliphatic heterocycles. The van der Waals surface area contributed by atoms with E-state index in [4.69, 9.17) is 4.74 Å². The second-order valence-electron chi connectivity index (χ2n) is 9.81. The number of hydrogen-bond donors (Lipinski definition) is 1. The third-order valence-electron chi connectivity index (χ3n) is 7.59. The van der Waals surface area contributed by atoms with Gasteiger partial charge in [-0.25, -0.2) is 4.39 Å². The van der Waals surface area contributed by atoms with Gasteiger partial charge in [-0.05, 0) is 80.3 Å². The Labute approximate surface area is 206 Å². The number of pyridine rings is 1. The highest BCUT2D eigenvalue weighted by Gasteiger charge is 2.31. The van der Waals surface area contributed by atoms with Crippen molar-refractivity contribution in [2.75, 3.05) is 32.5 Å². The standard InChI is InChI=1S/C27H37FN2O3S/c1-33-21-7-9-26-24(17-21)23(10-12-29-26)25(28)8-6-19-11-13-30(18-20(19)16-27(31)32)14-15-34-22-4-2-3-5-22/h7,9-10,12,17,19-20,22,25H,2-6,8,11,13-16,18H2,1H3,(H,31,32)/t19-,20+,25?/m1/s1. The lowest BCUT2D eigenvalue weighted by atomic mass is 9.79. The summed E-state index contributed by atoms with van der Waals surface area (Å²) in [7, 11) is 1.60. The van der Waals surface area contributed by atoms with Gasteiger partial charge in [-0.15, -0.1) is 0 Å². The number of aliphatic carboxylic acids is 1. The van der Waals surface area contributed by atoms with Gasteiger partial charge >= 0.3 is 5.97 Å². The number of ether oxygens (including phenoxy) is 1. The lowest BCUT2D eigenvalue weighted by molar-refractivity contribution is -0.139. The second kappa shape index (κ2) is 12.2. The van der Waals surface area contributed by atoms with Crippen molar-refractivity contribution in [3.8, 4) is 5.75 Å². The normalized spacial score (nSPS) is 22.8. The largest absolute Gasteiger partial charge is 0.497 e. The zero-order chi connectivity index (χ0) is 23.9. The molecule has 2 heterocycles. The Balaban J connectivity index is 1.34. The molecule has 1 unspecified atom stereocenters. The number of halogens is 1. The van der Waals surface area contributed by atoms with Gasteiger partial charge < -0.3 is 14.7 Å². The Morgan fingerprint density at radius 1 is 1.26 bits per heavy atom. The van der Waals surface area contributed by atoms with Crippen LogP contribution in [-0.2, 0) is 4.79 Å². The van der Waals surface area contributed by atoms with Crippen LogP contribution in [-0.4, -0.2) is 58.7 Å². The summed E-state index contributed by atoms with van der Waals surface area (Å²) in [6, 6.07) is 7.29. The van der Waals surface area contributed by atoms with Crippen molar-refractivity contribution < 1.29 is 19.0 Å². The monoisotopic (exact) mass is 488 g/mol. The number of rotatable bonds is 11. The smallest absolute Gasteiger partial charge is 0.303 e. The van der Waals surface area contributed by atoms with E-state index >= 15 is 4.39 Å². The van der Waals surface area contributed by atoms with Crippen LogP contribution in [0.5, 0.6) is 5.75 Å². The van der Waals surface area contributed by atoms with Crippen LogP contribution in [0.3, 0.4) is 0 Å². The average molecular weight is 489 g/mol. The third-order valence-corrected chi connectivity index (χ3v) is 8.95. The van der Waals surface area contributed by atoms with Crippen molar-refractivity contribution in [3.63, 3.8) is 0 Å². The van der Waals surface area contributed by atoms with Gasteiger partial charge in [0.1, 0.15) is 11.9 Å². The number of fused-ring (bicyclic) bond motifs is 1. The predicted octanol–water partition coefficient (Wildman–Crippen LogP) is 6.12. The van der Waals surface area contributed by atoms with Crippen molar-refractivity contribution in [1.29, 1.82) is 0 Å². The van der Waals surface area contributed by atoms with E-state index in [9.17, 15) is 9.90 Å². The van der Waals surface area contributed by atoms with Crippen molar-refractivity contribution in [2.24, 2.45) is 11.8 Å². The molecule has 1 aromatic heterocycles. The van der Waals surface area contributed by atoms with E-state index in [1.54, 1.807) is 19.4 Å². The number of aromatic nitrogens is 1. The van der Waals surface area contributed by atoms with Gasteiger partial charge in [-0.2, -0.15) is 11.8 Å². The molecule has 1 saturated carbocycles. The molecule has 34 heavy (non-hydrogen) atoms. The highest BCUT2D eigenvalue weighted by Crippen LogP contribution is 2.36. The molecule has 1 aromatic carbocycles. The lowest BCUT2D eigenvalue weighted by Gasteiger charge is -2.38. The van der Waals surface area contributed by atoms with Crippen molar-refractivity contribution in [2.45, 2.75) is 62.8 Å². The summed E-state index contributed by atoms with van der Waals surface area (Å²) in [6.07, 6.45) is 8.19. The number of thioether (sulfide) groups is 1. The summed E-state index contributed by atoms with van der Waals surface area (Å²) in [4.78, 5) is 18.3. The number of carboxylic acids is 1. The molecular weight excluding hydrogens is 451 g/mol. The summed E-state index contributed by atoms with van der Waals surface area (Å²) >= 11 is 2.09. The maximum absolute atomic E-state index is 15.4. The average Bonchev–Trinajstić information content (AvgIpc) is 3.36. The van der Waals surface area contributed by atoms with Crippen LogP contribution in [0.2, 0.25) is 0 Å². The van der Waals surface area contributed by atoms with E-state index in [1.165, 1.54) is 25.7 Å². The number of methoxy groups -OCH3 is 1. The first kappa shape index (κ1) is 25.2. The van der Waals surface area contributed by atoms with E-state index in [1.807, 2.05) is 18.2 Å². The van der Waals surface area contributed by atoms with Crippen LogP contribution in [0.15, 0.2) is 30.5 Å². The van der Waals surface area contributed by atoms with Crippen molar-refractivity contribution >= 4 is 28.6 Å². The van der Waals surface area contributed by atoms with Crippen LogP contribution in [0, 0.1) is 11.8 Å². The maximum atomic E-state index is 15.4. The fourth-order valence-corrected chi connectivity index (χ4v) is 7.02. The molecule has 7 heteroatoms. The number of hydrogen-bond acceptors (Lipinski definition) is 5. The van der Waals surface area contributed by atoms with Crippen LogP contribution >= 0.6 is 11.8 Å². The van der Waals surface area contributed by atoms with Crippen LogP contribution in [0.25, 0.3) is 10.9 Å². The molecule has 2 aromatic rings. The molecule has 2 aliphatic rings. The van der Waals surface area contributed by atoms with Gasteiger partial charge in [0.15, 0.2) is 0 Å². The molecule has 1 N–H and O–H groups in total. The first-order valence-corrected chi connectivity index (χ1v) is 13.7. The molecule has 0 radical (unpaired) electrons. The number of carboxylic acid groups (broad SMARTS) is 1. The maximum Gasteiger partial charge on any atom is 0.303 e. The molecule has 186 valence electrons. The van der Waals surface area contributed by atoms with E-state index in [2.05, 4.69) is 21.6 Å². The Kier molecular flexibility index (Phi) is 9.06. The minimum Gasteiger partial charge on any atom is -0.497 e. The molecular formula is C27H37FN2O3S. The number of alkyl halides is 1. The molecule has 0 bridgehead atoms. The van der Waals surface area contributed by atoms with Crippen molar-refractivity contribution in [3.05, 3.63) is 36.0 Å². The molecule has 0 amide bonds. The molecule has 0 spiro atoms. The van der Waals surface area contributed by atoms with Gasteiger partial charge in [-0.1, -0.05) is 12.8 Å². The Bertz CT molecular complexity index is 953. The zero-order valence-corrected chi connectivity index (χ0v) is 20.9. The predicted molar refractivity (Wildman–Crippen MR) is 136 cm³/mol. The summed E-state index contributed by atoms with van der Waals surface area (Å²) in [5, 5.41) is 11.1. The topological polar surface area (TPSA) is 62.7 Å². The summed E-state index contributed by atoms with van der Waals surface area (Å²) in [6.45, 7) is 2.83. The Morgan fingerprint density at radius 2 is 2.09 bits per heavy atom. The third kappa shape index (κ3) is 6.63. The zero-order valence-electron chi connectivity index (χ0n) is 20.1. The highest BCUT2D eigenvalue weighted by atomic mass is 32.2. The fraction of sp³-hybridized carbons (Fsp3) is 0.630. The Hall–Kier alpha value is -1.86. The van der Waals surface area contributed by atoms with Gasteiger partial charge in [0.05, 0.1) is 12.6 Å². The van der Waals surface area contributed by atoms with Crippen molar-refractivity contribution in [1.82, 2.24) is 9.88 Å². The Morgan fingerprint density at radius 3 is 2.85 bits per heavy atom. The highest BCUT2D eigenvalue weighted by molar-refractivity contribution is 7.99. The molecule has 2 fully saturated rings. The van der Waals surface area contributed by atoms with Gasteiger partial charge in [0.2, 0.25) is 0 Å².